The fourth-order valence-corrected chi connectivity index (χ4v) is 7.74. The van der Waals surface area contributed by atoms with Gasteiger partial charge in [0.1, 0.15) is 0 Å². The van der Waals surface area contributed by atoms with E-state index in [1.165, 1.54) is 10.8 Å². The molecule has 0 aliphatic carbocycles. The molecule has 4 aromatic heterocycles. The summed E-state index contributed by atoms with van der Waals surface area (Å²) in [6, 6.07) is 42.5. The first-order valence-corrected chi connectivity index (χ1v) is 17.8. The summed E-state index contributed by atoms with van der Waals surface area (Å²) in [5, 5.41) is 2.33. The van der Waals surface area contributed by atoms with Gasteiger partial charge in [-0.1, -0.05) is 92.8 Å². The molecule has 0 aliphatic rings. The zero-order valence-corrected chi connectivity index (χ0v) is 29.0. The molecule has 4 aromatic carbocycles. The molecule has 0 radical (unpaired) electrons. The Labute approximate surface area is 294 Å². The van der Waals surface area contributed by atoms with Crippen LogP contribution < -0.4 is 0 Å². The first-order valence-electron chi connectivity index (χ1n) is 16.2. The van der Waals surface area contributed by atoms with Crippen molar-refractivity contribution in [3.05, 3.63) is 152 Å². The van der Waals surface area contributed by atoms with Gasteiger partial charge < -0.3 is 0 Å². The molecule has 238 valence electrons. The van der Waals surface area contributed by atoms with E-state index in [1.54, 1.807) is 23.5 Å². The van der Waals surface area contributed by atoms with E-state index in [9.17, 15) is 0 Å². The molecule has 0 fully saturated rings. The summed E-state index contributed by atoms with van der Waals surface area (Å²) in [6.07, 6.45) is 7.59. The van der Waals surface area contributed by atoms with Gasteiger partial charge in [-0.25, -0.2) is 9.97 Å². The van der Waals surface area contributed by atoms with Gasteiger partial charge in [0.2, 0.25) is 5.95 Å². The molecule has 0 saturated heterocycles. The topological polar surface area (TPSA) is 56.5 Å². The minimum absolute atomic E-state index is 0.0411. The average molecular weight is 672 g/mol. The third kappa shape index (κ3) is 6.47. The second kappa shape index (κ2) is 13.0. The Morgan fingerprint density at radius 3 is 1.43 bits per heavy atom. The molecular formula is C42H33N5S2. The second-order valence-corrected chi connectivity index (χ2v) is 15.2. The van der Waals surface area contributed by atoms with Gasteiger partial charge >= 0.3 is 0 Å². The van der Waals surface area contributed by atoms with E-state index in [1.807, 2.05) is 61.2 Å². The number of aromatic nitrogens is 5. The van der Waals surface area contributed by atoms with Gasteiger partial charge in [-0.2, -0.15) is 0 Å². The summed E-state index contributed by atoms with van der Waals surface area (Å²) in [5.41, 5.74) is 7.34. The van der Waals surface area contributed by atoms with Crippen LogP contribution >= 0.6 is 23.5 Å². The number of rotatable bonds is 7. The summed E-state index contributed by atoms with van der Waals surface area (Å²) in [6.45, 7) is 6.56. The molecule has 7 heteroatoms. The summed E-state index contributed by atoms with van der Waals surface area (Å²) < 4.78 is 2.21. The Balaban J connectivity index is 1.21. The predicted molar refractivity (Wildman–Crippen MR) is 203 cm³/mol. The number of pyridine rings is 2. The summed E-state index contributed by atoms with van der Waals surface area (Å²) in [5.74, 6) is 0.659. The summed E-state index contributed by atoms with van der Waals surface area (Å²) in [4.78, 5) is 23.5. The van der Waals surface area contributed by atoms with Gasteiger partial charge in [-0.3, -0.25) is 14.5 Å². The average Bonchev–Trinajstić information content (AvgIpc) is 3.45. The molecule has 8 aromatic rings. The van der Waals surface area contributed by atoms with Gasteiger partial charge in [-0.15, -0.1) is 0 Å². The molecule has 0 aliphatic heterocycles. The van der Waals surface area contributed by atoms with Crippen LogP contribution in [0.5, 0.6) is 0 Å². The van der Waals surface area contributed by atoms with Gasteiger partial charge in [0.25, 0.3) is 0 Å². The van der Waals surface area contributed by atoms with E-state index in [2.05, 4.69) is 120 Å². The van der Waals surface area contributed by atoms with Crippen molar-refractivity contribution in [1.82, 2.24) is 24.5 Å². The van der Waals surface area contributed by atoms with Crippen molar-refractivity contribution in [2.75, 3.05) is 0 Å². The van der Waals surface area contributed by atoms with E-state index in [4.69, 9.17) is 9.97 Å². The zero-order valence-electron chi connectivity index (χ0n) is 27.4. The third-order valence-electron chi connectivity index (χ3n) is 8.48. The van der Waals surface area contributed by atoms with Gasteiger partial charge in [0.05, 0.1) is 22.4 Å². The molecule has 0 unspecified atom stereocenters. The van der Waals surface area contributed by atoms with E-state index in [0.717, 1.165) is 58.7 Å². The summed E-state index contributed by atoms with van der Waals surface area (Å²) >= 11 is 3.49. The number of hydrogen-bond acceptors (Lipinski definition) is 6. The normalized spacial score (nSPS) is 11.7. The van der Waals surface area contributed by atoms with Crippen LogP contribution in [0.3, 0.4) is 0 Å². The monoisotopic (exact) mass is 671 g/mol. The SMILES string of the molecule is CC(C)(C)c1cnc(-n2c3cc(Sc4cccc(-c5ccccn5)c4)ccc3c3ccc(Sc4cccc(-c5ccccn5)c4)cc32)nc1. The quantitative estimate of drug-likeness (QED) is 0.168. The van der Waals surface area contributed by atoms with Crippen LogP contribution in [0, 0.1) is 0 Å². The zero-order chi connectivity index (χ0) is 33.4. The maximum Gasteiger partial charge on any atom is 0.234 e. The van der Waals surface area contributed by atoms with Crippen LogP contribution in [0.25, 0.3) is 50.3 Å². The Hall–Kier alpha value is -5.24. The molecule has 8 rings (SSSR count). The number of nitrogens with zero attached hydrogens (tertiary/aromatic N) is 5. The molecule has 0 bridgehead atoms. The lowest BCUT2D eigenvalue weighted by Crippen LogP contribution is -2.13. The fourth-order valence-electron chi connectivity index (χ4n) is 5.92. The molecular weight excluding hydrogens is 639 g/mol. The highest BCUT2D eigenvalue weighted by atomic mass is 32.2. The van der Waals surface area contributed by atoms with Crippen LogP contribution in [-0.4, -0.2) is 24.5 Å². The van der Waals surface area contributed by atoms with Crippen molar-refractivity contribution in [3.63, 3.8) is 0 Å². The van der Waals surface area contributed by atoms with Gasteiger partial charge in [0, 0.05) is 66.3 Å². The van der Waals surface area contributed by atoms with Gasteiger partial charge in [0.15, 0.2) is 0 Å². The third-order valence-corrected chi connectivity index (χ3v) is 10.4. The molecule has 0 saturated carbocycles. The maximum atomic E-state index is 4.93. The largest absolute Gasteiger partial charge is 0.278 e. The Kier molecular flexibility index (Phi) is 8.23. The summed E-state index contributed by atoms with van der Waals surface area (Å²) in [7, 11) is 0. The van der Waals surface area contributed by atoms with Crippen LogP contribution in [0.4, 0.5) is 0 Å². The molecule has 5 nitrogen and oxygen atoms in total. The standard InChI is InChI=1S/C42H33N5S2/c1-42(2,3)30-26-45-41(46-27-30)47-39-24-33(48-31-12-8-10-28(22-31)37-14-4-6-20-43-37)16-18-35(39)36-19-17-34(25-40(36)47)49-32-13-9-11-29(23-32)38-15-5-7-21-44-38/h4-27H,1-3H3. The van der Waals surface area contributed by atoms with Crippen molar-refractivity contribution in [2.24, 2.45) is 0 Å². The fraction of sp³-hybridized carbons (Fsp3) is 0.0952. The molecule has 49 heavy (non-hydrogen) atoms. The lowest BCUT2D eigenvalue weighted by Gasteiger charge is -2.18. The smallest absolute Gasteiger partial charge is 0.234 e. The van der Waals surface area contributed by atoms with E-state index in [0.29, 0.717) is 5.95 Å². The number of fused-ring (bicyclic) bond motifs is 3. The van der Waals surface area contributed by atoms with Crippen LogP contribution in [0.15, 0.2) is 166 Å². The molecule has 0 N–H and O–H groups in total. The van der Waals surface area contributed by atoms with E-state index < -0.39 is 0 Å². The van der Waals surface area contributed by atoms with Crippen molar-refractivity contribution in [3.8, 4) is 28.5 Å². The lowest BCUT2D eigenvalue weighted by molar-refractivity contribution is 0.583. The Morgan fingerprint density at radius 1 is 0.490 bits per heavy atom. The molecule has 0 atom stereocenters. The minimum atomic E-state index is -0.0411. The molecule has 0 amide bonds. The van der Waals surface area contributed by atoms with Crippen LogP contribution in [-0.2, 0) is 5.41 Å². The first-order chi connectivity index (χ1) is 23.9. The van der Waals surface area contributed by atoms with Crippen molar-refractivity contribution < 1.29 is 0 Å². The van der Waals surface area contributed by atoms with Crippen molar-refractivity contribution in [1.29, 1.82) is 0 Å². The Bertz CT molecular complexity index is 2270. The Morgan fingerprint density at radius 2 is 0.980 bits per heavy atom. The highest BCUT2D eigenvalue weighted by Crippen LogP contribution is 2.39. The van der Waals surface area contributed by atoms with Crippen LogP contribution in [0.2, 0.25) is 0 Å². The maximum absolute atomic E-state index is 4.93. The van der Waals surface area contributed by atoms with Gasteiger partial charge in [-0.05, 0) is 83.8 Å². The van der Waals surface area contributed by atoms with E-state index in [-0.39, 0.29) is 5.41 Å². The number of hydrogen-bond donors (Lipinski definition) is 0. The first kappa shape index (κ1) is 31.1. The molecule has 0 spiro atoms. The highest BCUT2D eigenvalue weighted by Gasteiger charge is 2.19. The predicted octanol–water partition coefficient (Wildman–Crippen LogP) is 11.3. The van der Waals surface area contributed by atoms with Crippen molar-refractivity contribution in [2.45, 2.75) is 45.8 Å². The van der Waals surface area contributed by atoms with Crippen LogP contribution in [0.1, 0.15) is 26.3 Å². The molecule has 4 heterocycles. The number of benzene rings is 4. The van der Waals surface area contributed by atoms with E-state index >= 15 is 0 Å². The minimum Gasteiger partial charge on any atom is -0.278 e. The lowest BCUT2D eigenvalue weighted by atomic mass is 9.89. The highest BCUT2D eigenvalue weighted by molar-refractivity contribution is 7.99. The van der Waals surface area contributed by atoms with Crippen molar-refractivity contribution >= 4 is 45.3 Å². The second-order valence-electron chi connectivity index (χ2n) is 12.9.